The van der Waals surface area contributed by atoms with Crippen LogP contribution >= 0.6 is 0 Å². The average molecular weight is 349 g/mol. The Morgan fingerprint density at radius 1 is 1.19 bits per heavy atom. The van der Waals surface area contributed by atoms with Crippen LogP contribution in [-0.4, -0.2) is 27.5 Å². The Morgan fingerprint density at radius 3 is 2.62 bits per heavy atom. The third-order valence-electron chi connectivity index (χ3n) is 2.59. The molecule has 0 amide bonds. The van der Waals surface area contributed by atoms with Crippen LogP contribution in [0.2, 0.25) is 0 Å². The van der Waals surface area contributed by atoms with Gasteiger partial charge in [0.15, 0.2) is 0 Å². The number of carbonyl (C=O) groups excluding carboxylic acids is 1. The number of ether oxygens (including phenoxy) is 1. The summed E-state index contributed by atoms with van der Waals surface area (Å²) in [5.74, 6) is -0.662. The topological polar surface area (TPSA) is 26.3 Å². The molecule has 2 aromatic carbocycles. The summed E-state index contributed by atoms with van der Waals surface area (Å²) in [4.78, 5) is 12.1. The Hall–Kier alpha value is -1.90. The van der Waals surface area contributed by atoms with Gasteiger partial charge in [-0.05, 0) is 0 Å². The molecule has 0 aliphatic rings. The van der Waals surface area contributed by atoms with Crippen LogP contribution in [0.4, 0.5) is 4.39 Å². The van der Waals surface area contributed by atoms with E-state index in [1.807, 2.05) is 30.3 Å². The van der Waals surface area contributed by atoms with Crippen molar-refractivity contribution < 1.29 is 13.9 Å². The van der Waals surface area contributed by atoms with Crippen LogP contribution in [0.15, 0.2) is 59.1 Å². The van der Waals surface area contributed by atoms with Crippen molar-refractivity contribution in [3.63, 3.8) is 0 Å². The number of hydrogen-bond acceptors (Lipinski definition) is 2. The van der Waals surface area contributed by atoms with E-state index >= 15 is 0 Å². The van der Waals surface area contributed by atoms with E-state index in [1.54, 1.807) is 25.1 Å². The molecule has 2 aromatic rings. The second-order valence-electron chi connectivity index (χ2n) is 4.20. The van der Waals surface area contributed by atoms with Crippen molar-refractivity contribution in [3.05, 3.63) is 70.4 Å². The molecule has 21 heavy (non-hydrogen) atoms. The molecule has 0 radical (unpaired) electrons. The summed E-state index contributed by atoms with van der Waals surface area (Å²) in [6.07, 6.45) is 1.70. The van der Waals surface area contributed by atoms with E-state index in [2.05, 4.69) is 0 Å². The van der Waals surface area contributed by atoms with Gasteiger partial charge in [-0.15, -0.1) is 0 Å². The minimum atomic E-state index is -0.342. The zero-order valence-electron chi connectivity index (χ0n) is 11.6. The van der Waals surface area contributed by atoms with Crippen molar-refractivity contribution in [2.45, 2.75) is 6.92 Å². The van der Waals surface area contributed by atoms with Crippen LogP contribution in [0.5, 0.6) is 0 Å². The van der Waals surface area contributed by atoms with Gasteiger partial charge >= 0.3 is 129 Å². The molecule has 0 aromatic heterocycles. The van der Waals surface area contributed by atoms with Crippen LogP contribution in [0.25, 0.3) is 6.08 Å². The van der Waals surface area contributed by atoms with Gasteiger partial charge in [0.05, 0.1) is 0 Å². The van der Waals surface area contributed by atoms with E-state index in [0.717, 1.165) is 4.46 Å². The van der Waals surface area contributed by atoms with Crippen molar-refractivity contribution >= 4 is 31.5 Å². The fraction of sp³-hybridized carbons (Fsp3) is 0.118. The van der Waals surface area contributed by atoms with Gasteiger partial charge in [0.1, 0.15) is 0 Å². The molecule has 0 saturated heterocycles. The standard InChI is InChI=1S/C17H15FO2Se/c1-2-20-17(19)16(21-15-9-4-3-5-10-15)12-13-7-6-8-14(18)11-13/h3-12H,2H2,1H3/b16-12+. The molecule has 0 aliphatic heterocycles. The van der Waals surface area contributed by atoms with Gasteiger partial charge in [-0.1, -0.05) is 0 Å². The number of benzene rings is 2. The molecule has 2 nitrogen and oxygen atoms in total. The van der Waals surface area contributed by atoms with Crippen LogP contribution in [0.1, 0.15) is 12.5 Å². The van der Waals surface area contributed by atoms with E-state index in [4.69, 9.17) is 4.74 Å². The number of halogens is 1. The molecule has 108 valence electrons. The number of esters is 1. The molecule has 0 bridgehead atoms. The summed E-state index contributed by atoms with van der Waals surface area (Å²) in [7, 11) is 0. The Kier molecular flexibility index (Phi) is 5.73. The van der Waals surface area contributed by atoms with Crippen LogP contribution in [0.3, 0.4) is 0 Å². The third kappa shape index (κ3) is 4.85. The second-order valence-corrected chi connectivity index (χ2v) is 6.54. The van der Waals surface area contributed by atoms with E-state index in [1.165, 1.54) is 12.1 Å². The predicted molar refractivity (Wildman–Crippen MR) is 82.8 cm³/mol. The maximum atomic E-state index is 13.3. The van der Waals surface area contributed by atoms with Gasteiger partial charge in [0.2, 0.25) is 0 Å². The van der Waals surface area contributed by atoms with Gasteiger partial charge in [-0.3, -0.25) is 0 Å². The molecule has 0 spiro atoms. The van der Waals surface area contributed by atoms with Crippen LogP contribution in [-0.2, 0) is 9.53 Å². The molecule has 0 aliphatic carbocycles. The Bertz CT molecular complexity index is 638. The molecular formula is C17H15FO2Se. The second kappa shape index (κ2) is 7.77. The molecule has 0 unspecified atom stereocenters. The Labute approximate surface area is 129 Å². The van der Waals surface area contributed by atoms with E-state index in [9.17, 15) is 9.18 Å². The SMILES string of the molecule is CCOC(=O)/C(=C\c1cccc(F)c1)[Se]c1ccccc1. The first-order valence-corrected chi connectivity index (χ1v) is 8.27. The Morgan fingerprint density at radius 2 is 1.95 bits per heavy atom. The normalized spacial score (nSPS) is 11.2. The van der Waals surface area contributed by atoms with Gasteiger partial charge in [-0.25, -0.2) is 0 Å². The summed E-state index contributed by atoms with van der Waals surface area (Å²) in [6, 6.07) is 15.9. The number of carbonyl (C=O) groups is 1. The summed E-state index contributed by atoms with van der Waals surface area (Å²) in [5.41, 5.74) is 0.663. The summed E-state index contributed by atoms with van der Waals surface area (Å²) < 4.78 is 20.0. The van der Waals surface area contributed by atoms with Crippen molar-refractivity contribution in [2.24, 2.45) is 0 Å². The maximum absolute atomic E-state index is 13.3. The van der Waals surface area contributed by atoms with Crippen molar-refractivity contribution in [1.29, 1.82) is 0 Å². The van der Waals surface area contributed by atoms with Gasteiger partial charge in [-0.2, -0.15) is 0 Å². The van der Waals surface area contributed by atoms with Crippen LogP contribution < -0.4 is 4.46 Å². The fourth-order valence-corrected chi connectivity index (χ4v) is 3.55. The Balaban J connectivity index is 2.29. The monoisotopic (exact) mass is 350 g/mol. The van der Waals surface area contributed by atoms with E-state index in [-0.39, 0.29) is 26.7 Å². The van der Waals surface area contributed by atoms with Gasteiger partial charge in [0, 0.05) is 0 Å². The molecule has 0 fully saturated rings. The molecule has 0 atom stereocenters. The average Bonchev–Trinajstić information content (AvgIpc) is 2.48. The summed E-state index contributed by atoms with van der Waals surface area (Å²) in [6.45, 7) is 2.09. The zero-order chi connectivity index (χ0) is 15.1. The van der Waals surface area contributed by atoms with E-state index < -0.39 is 0 Å². The predicted octanol–water partition coefficient (Wildman–Crippen LogP) is 2.76. The minimum absolute atomic E-state index is 0.181. The quantitative estimate of drug-likeness (QED) is 0.471. The first-order valence-electron chi connectivity index (χ1n) is 6.56. The summed E-state index contributed by atoms with van der Waals surface area (Å²) in [5, 5.41) is 0. The number of hydrogen-bond donors (Lipinski definition) is 0. The summed E-state index contributed by atoms with van der Waals surface area (Å²) >= 11 is -0.181. The molecule has 2 rings (SSSR count). The van der Waals surface area contributed by atoms with Gasteiger partial charge < -0.3 is 0 Å². The third-order valence-corrected chi connectivity index (χ3v) is 4.72. The first-order chi connectivity index (χ1) is 10.2. The van der Waals surface area contributed by atoms with Crippen molar-refractivity contribution in [1.82, 2.24) is 0 Å². The van der Waals surface area contributed by atoms with Gasteiger partial charge in [0.25, 0.3) is 0 Å². The van der Waals surface area contributed by atoms with Crippen LogP contribution in [0, 0.1) is 5.82 Å². The van der Waals surface area contributed by atoms with E-state index in [0.29, 0.717) is 16.6 Å². The molecule has 0 saturated carbocycles. The van der Waals surface area contributed by atoms with Crippen molar-refractivity contribution in [2.75, 3.05) is 6.61 Å². The fourth-order valence-electron chi connectivity index (χ4n) is 1.70. The molecule has 4 heteroatoms. The molecule has 0 heterocycles. The molecular weight excluding hydrogens is 334 g/mol. The first kappa shape index (κ1) is 15.5. The zero-order valence-corrected chi connectivity index (χ0v) is 13.3. The molecule has 0 N–H and O–H groups in total. The van der Waals surface area contributed by atoms with Crippen molar-refractivity contribution in [3.8, 4) is 0 Å². The number of rotatable bonds is 5.